The zero-order valence-corrected chi connectivity index (χ0v) is 8.82. The average Bonchev–Trinajstić information content (AvgIpc) is 2.18. The zero-order valence-electron chi connectivity index (χ0n) is 8.06. The molecular formula is C8H5ClF2N2O4. The minimum atomic E-state index is -3.04. The third-order valence-electron chi connectivity index (χ3n) is 1.76. The molecule has 1 rings (SSSR count). The quantitative estimate of drug-likeness (QED) is 0.666. The second kappa shape index (κ2) is 5.00. The predicted molar refractivity (Wildman–Crippen MR) is 52.2 cm³/mol. The number of aromatic nitrogens is 1. The molecule has 1 heterocycles. The average molecular weight is 267 g/mol. The smallest absolute Gasteiger partial charge is 0.383 e. The van der Waals surface area contributed by atoms with E-state index in [1.807, 2.05) is 0 Å². The Bertz CT molecular complexity index is 481. The Morgan fingerprint density at radius 3 is 2.65 bits per heavy atom. The van der Waals surface area contributed by atoms with Crippen molar-refractivity contribution in [3.8, 4) is 0 Å². The Kier molecular flexibility index (Phi) is 3.89. The summed E-state index contributed by atoms with van der Waals surface area (Å²) in [6.07, 6.45) is -3.74. The minimum Gasteiger partial charge on any atom is -0.481 e. The zero-order chi connectivity index (χ0) is 13.2. The Morgan fingerprint density at radius 2 is 2.24 bits per heavy atom. The summed E-state index contributed by atoms with van der Waals surface area (Å²) in [4.78, 5) is 23.2. The Hall–Kier alpha value is -1.83. The number of rotatable bonds is 4. The number of pyridine rings is 1. The Morgan fingerprint density at radius 1 is 1.65 bits per heavy atom. The van der Waals surface area contributed by atoms with Gasteiger partial charge in [0.15, 0.2) is 5.69 Å². The molecule has 1 aromatic heterocycles. The second-order valence-corrected chi connectivity index (χ2v) is 3.35. The fourth-order valence-corrected chi connectivity index (χ4v) is 1.36. The molecule has 1 N–H and O–H groups in total. The van der Waals surface area contributed by atoms with Gasteiger partial charge in [-0.3, -0.25) is 4.79 Å². The number of nitro groups is 1. The highest BCUT2D eigenvalue weighted by Gasteiger charge is 2.26. The molecule has 0 aliphatic heterocycles. The van der Waals surface area contributed by atoms with E-state index in [2.05, 4.69) is 4.98 Å². The fourth-order valence-electron chi connectivity index (χ4n) is 1.11. The molecule has 0 radical (unpaired) electrons. The van der Waals surface area contributed by atoms with Crippen LogP contribution in [-0.2, 0) is 11.2 Å². The van der Waals surface area contributed by atoms with E-state index in [1.165, 1.54) is 0 Å². The van der Waals surface area contributed by atoms with Gasteiger partial charge in [0, 0.05) is 5.56 Å². The highest BCUT2D eigenvalue weighted by molar-refractivity contribution is 6.33. The molecule has 0 saturated heterocycles. The topological polar surface area (TPSA) is 93.3 Å². The number of hydrogen-bond donors (Lipinski definition) is 1. The van der Waals surface area contributed by atoms with Crippen LogP contribution in [0.2, 0.25) is 5.02 Å². The number of alkyl halides is 2. The van der Waals surface area contributed by atoms with E-state index in [-0.39, 0.29) is 5.69 Å². The van der Waals surface area contributed by atoms with Crippen molar-refractivity contribution in [1.29, 1.82) is 0 Å². The van der Waals surface area contributed by atoms with Crippen molar-refractivity contribution in [3.63, 3.8) is 0 Å². The number of carboxylic acids is 1. The van der Waals surface area contributed by atoms with E-state index in [0.29, 0.717) is 0 Å². The molecule has 6 nitrogen and oxygen atoms in total. The van der Waals surface area contributed by atoms with Crippen LogP contribution in [0.5, 0.6) is 0 Å². The Balaban J connectivity index is 3.36. The summed E-state index contributed by atoms with van der Waals surface area (Å²) in [6.45, 7) is 0. The first kappa shape index (κ1) is 13.2. The molecule has 0 aromatic carbocycles. The van der Waals surface area contributed by atoms with Gasteiger partial charge in [-0.05, 0) is 16.0 Å². The van der Waals surface area contributed by atoms with Crippen LogP contribution in [0.3, 0.4) is 0 Å². The summed E-state index contributed by atoms with van der Waals surface area (Å²) in [7, 11) is 0. The number of halogens is 3. The summed E-state index contributed by atoms with van der Waals surface area (Å²) >= 11 is 5.38. The van der Waals surface area contributed by atoms with Crippen LogP contribution in [0, 0.1) is 10.1 Å². The van der Waals surface area contributed by atoms with Gasteiger partial charge < -0.3 is 15.2 Å². The first-order valence-corrected chi connectivity index (χ1v) is 4.54. The molecule has 92 valence electrons. The predicted octanol–water partition coefficient (Wildman–Crippen LogP) is 2.21. The number of carboxylic acid groups (broad SMARTS) is 1. The SMILES string of the molecule is O=C(O)Cc1cc(C(F)F)c(Cl)c([N+](=O)[O-])n1. The van der Waals surface area contributed by atoms with Gasteiger partial charge in [0.1, 0.15) is 11.4 Å². The number of nitrogens with zero attached hydrogens (tertiary/aromatic N) is 2. The van der Waals surface area contributed by atoms with Crippen molar-refractivity contribution in [2.24, 2.45) is 0 Å². The van der Waals surface area contributed by atoms with Crippen LogP contribution in [0.4, 0.5) is 14.6 Å². The van der Waals surface area contributed by atoms with Crippen LogP contribution < -0.4 is 0 Å². The number of aliphatic carboxylic acids is 1. The van der Waals surface area contributed by atoms with Crippen LogP contribution in [0.15, 0.2) is 6.07 Å². The molecule has 0 saturated carbocycles. The van der Waals surface area contributed by atoms with Gasteiger partial charge in [-0.2, -0.15) is 0 Å². The van der Waals surface area contributed by atoms with E-state index in [4.69, 9.17) is 16.7 Å². The summed E-state index contributed by atoms with van der Waals surface area (Å²) < 4.78 is 25.0. The van der Waals surface area contributed by atoms with E-state index >= 15 is 0 Å². The minimum absolute atomic E-state index is 0.344. The molecule has 1 aromatic rings. The van der Waals surface area contributed by atoms with E-state index < -0.39 is 40.1 Å². The fraction of sp³-hybridized carbons (Fsp3) is 0.250. The van der Waals surface area contributed by atoms with Gasteiger partial charge >= 0.3 is 11.8 Å². The summed E-state index contributed by atoms with van der Waals surface area (Å²) in [5, 5.41) is 18.2. The van der Waals surface area contributed by atoms with E-state index in [9.17, 15) is 23.7 Å². The first-order chi connectivity index (χ1) is 7.82. The van der Waals surface area contributed by atoms with E-state index in [1.54, 1.807) is 0 Å². The molecule has 0 bridgehead atoms. The van der Waals surface area contributed by atoms with Gasteiger partial charge in [0.05, 0.1) is 0 Å². The van der Waals surface area contributed by atoms with Crippen LogP contribution in [0.1, 0.15) is 17.7 Å². The summed E-state index contributed by atoms with van der Waals surface area (Å²) in [6, 6.07) is 0.744. The summed E-state index contributed by atoms with van der Waals surface area (Å²) in [5.74, 6) is -2.31. The van der Waals surface area contributed by atoms with Gasteiger partial charge in [0.25, 0.3) is 6.43 Å². The van der Waals surface area contributed by atoms with Crippen molar-refractivity contribution in [1.82, 2.24) is 4.98 Å². The largest absolute Gasteiger partial charge is 0.481 e. The molecule has 0 aliphatic carbocycles. The van der Waals surface area contributed by atoms with Crippen molar-refractivity contribution in [2.45, 2.75) is 12.8 Å². The third-order valence-corrected chi connectivity index (χ3v) is 2.15. The normalized spacial score (nSPS) is 10.6. The molecule has 0 amide bonds. The lowest BCUT2D eigenvalue weighted by Crippen LogP contribution is -2.06. The maximum Gasteiger partial charge on any atom is 0.383 e. The van der Waals surface area contributed by atoms with Crippen LogP contribution in [0.25, 0.3) is 0 Å². The van der Waals surface area contributed by atoms with Gasteiger partial charge in [-0.25, -0.2) is 8.78 Å². The van der Waals surface area contributed by atoms with Crippen molar-refractivity contribution in [3.05, 3.63) is 32.5 Å². The van der Waals surface area contributed by atoms with Crippen molar-refractivity contribution >= 4 is 23.4 Å². The molecule has 17 heavy (non-hydrogen) atoms. The standard InChI is InChI=1S/C8H5ClF2N2O4/c9-6-4(7(10)11)1-3(2-5(14)15)12-8(6)13(16)17/h1,7H,2H2,(H,14,15). The van der Waals surface area contributed by atoms with Crippen molar-refractivity contribution < 1.29 is 23.6 Å². The van der Waals surface area contributed by atoms with Gasteiger partial charge in [-0.15, -0.1) is 0 Å². The monoisotopic (exact) mass is 266 g/mol. The second-order valence-electron chi connectivity index (χ2n) is 2.97. The van der Waals surface area contributed by atoms with Gasteiger partial charge in [-0.1, -0.05) is 11.6 Å². The maximum atomic E-state index is 12.5. The van der Waals surface area contributed by atoms with E-state index in [0.717, 1.165) is 6.07 Å². The lowest BCUT2D eigenvalue weighted by molar-refractivity contribution is -0.389. The molecule has 9 heteroatoms. The molecule has 0 atom stereocenters. The third kappa shape index (κ3) is 3.06. The van der Waals surface area contributed by atoms with Crippen LogP contribution in [-0.4, -0.2) is 21.0 Å². The lowest BCUT2D eigenvalue weighted by atomic mass is 10.2. The first-order valence-electron chi connectivity index (χ1n) is 4.16. The highest BCUT2D eigenvalue weighted by Crippen LogP contribution is 2.33. The number of carbonyl (C=O) groups is 1. The Labute approximate surface area is 98.0 Å². The maximum absolute atomic E-state index is 12.5. The molecule has 0 fully saturated rings. The highest BCUT2D eigenvalue weighted by atomic mass is 35.5. The van der Waals surface area contributed by atoms with Crippen LogP contribution >= 0.6 is 11.6 Å². The molecule has 0 unspecified atom stereocenters. The molecule has 0 spiro atoms. The molecule has 0 aliphatic rings. The number of hydrogen-bond acceptors (Lipinski definition) is 4. The van der Waals surface area contributed by atoms with Crippen molar-refractivity contribution in [2.75, 3.05) is 0 Å². The van der Waals surface area contributed by atoms with Gasteiger partial charge in [0.2, 0.25) is 0 Å². The lowest BCUT2D eigenvalue weighted by Gasteiger charge is -2.04. The summed E-state index contributed by atoms with van der Waals surface area (Å²) in [5.41, 5.74) is -1.14. The molecular weight excluding hydrogens is 262 g/mol.